The molecule has 122 valence electrons. The topological polar surface area (TPSA) is 89.9 Å². The van der Waals surface area contributed by atoms with E-state index in [1.165, 1.54) is 6.92 Å². The number of Topliss-reactive ketones (excluding diaryl/α,β-unsaturated/α-hetero) is 1. The fourth-order valence-electron chi connectivity index (χ4n) is 3.18. The van der Waals surface area contributed by atoms with Crippen LogP contribution in [-0.4, -0.2) is 41.1 Å². The number of esters is 2. The van der Waals surface area contributed by atoms with Crippen LogP contribution in [0.15, 0.2) is 30.3 Å². The van der Waals surface area contributed by atoms with Crippen molar-refractivity contribution in [2.45, 2.75) is 31.5 Å². The van der Waals surface area contributed by atoms with E-state index >= 15 is 0 Å². The van der Waals surface area contributed by atoms with Crippen molar-refractivity contribution in [2.24, 2.45) is 11.8 Å². The molecule has 3 rings (SSSR count). The average molecular weight is 318 g/mol. The molecule has 1 saturated heterocycles. The molecular formula is C17H18O6. The molecule has 0 radical (unpaired) electrons. The Morgan fingerprint density at radius 1 is 1.35 bits per heavy atom. The van der Waals surface area contributed by atoms with Gasteiger partial charge in [-0.2, -0.15) is 0 Å². The number of carbonyl (C=O) groups is 3. The maximum atomic E-state index is 12.0. The van der Waals surface area contributed by atoms with Crippen LogP contribution in [0, 0.1) is 11.8 Å². The van der Waals surface area contributed by atoms with Gasteiger partial charge in [-0.25, -0.2) is 4.79 Å². The number of fused-ring (bicyclic) bond motifs is 1. The highest BCUT2D eigenvalue weighted by Crippen LogP contribution is 2.41. The molecule has 6 heteroatoms. The first kappa shape index (κ1) is 15.7. The lowest BCUT2D eigenvalue weighted by molar-refractivity contribution is -0.153. The number of hydrogen-bond acceptors (Lipinski definition) is 6. The Labute approximate surface area is 133 Å². The van der Waals surface area contributed by atoms with Crippen molar-refractivity contribution < 1.29 is 29.0 Å². The lowest BCUT2D eigenvalue weighted by Gasteiger charge is -2.34. The average Bonchev–Trinajstić information content (AvgIpc) is 2.80. The molecular weight excluding hydrogens is 300 g/mol. The van der Waals surface area contributed by atoms with E-state index in [0.29, 0.717) is 5.56 Å². The second-order valence-electron chi connectivity index (χ2n) is 6.32. The summed E-state index contributed by atoms with van der Waals surface area (Å²) in [4.78, 5) is 35.9. The number of carbonyl (C=O) groups excluding carboxylic acids is 3. The molecule has 0 aromatic heterocycles. The van der Waals surface area contributed by atoms with E-state index in [4.69, 9.17) is 9.47 Å². The highest BCUT2D eigenvalue weighted by atomic mass is 16.6. The van der Waals surface area contributed by atoms with Gasteiger partial charge < -0.3 is 14.6 Å². The lowest BCUT2D eigenvalue weighted by Crippen LogP contribution is -2.47. The van der Waals surface area contributed by atoms with Gasteiger partial charge in [0.2, 0.25) is 0 Å². The largest absolute Gasteiger partial charge is 0.462 e. The van der Waals surface area contributed by atoms with Crippen LogP contribution in [0.2, 0.25) is 0 Å². The van der Waals surface area contributed by atoms with Crippen molar-refractivity contribution in [3.05, 3.63) is 35.9 Å². The van der Waals surface area contributed by atoms with Crippen molar-refractivity contribution in [3.8, 4) is 0 Å². The first-order valence-corrected chi connectivity index (χ1v) is 7.57. The van der Waals surface area contributed by atoms with Crippen LogP contribution in [-0.2, 0) is 19.1 Å². The van der Waals surface area contributed by atoms with Crippen LogP contribution < -0.4 is 0 Å². The van der Waals surface area contributed by atoms with Crippen LogP contribution >= 0.6 is 0 Å². The molecule has 4 atom stereocenters. The normalized spacial score (nSPS) is 33.0. The number of ketones is 1. The fraction of sp³-hybridized carbons (Fsp3) is 0.471. The molecule has 1 aliphatic heterocycles. The minimum atomic E-state index is -1.46. The van der Waals surface area contributed by atoms with Crippen molar-refractivity contribution in [1.29, 1.82) is 0 Å². The second kappa shape index (κ2) is 5.77. The molecule has 23 heavy (non-hydrogen) atoms. The Bertz CT molecular complexity index is 636. The summed E-state index contributed by atoms with van der Waals surface area (Å²) in [6, 6.07) is 8.48. The van der Waals surface area contributed by atoms with E-state index in [-0.39, 0.29) is 31.1 Å². The van der Waals surface area contributed by atoms with E-state index in [0.717, 1.165) is 0 Å². The summed E-state index contributed by atoms with van der Waals surface area (Å²) in [5.74, 6) is -2.31. The van der Waals surface area contributed by atoms with Crippen molar-refractivity contribution >= 4 is 17.7 Å². The van der Waals surface area contributed by atoms with Crippen LogP contribution in [0.4, 0.5) is 0 Å². The summed E-state index contributed by atoms with van der Waals surface area (Å²) < 4.78 is 10.5. The number of hydrogen-bond donors (Lipinski definition) is 1. The van der Waals surface area contributed by atoms with E-state index in [1.54, 1.807) is 30.3 Å². The highest BCUT2D eigenvalue weighted by Gasteiger charge is 2.53. The van der Waals surface area contributed by atoms with Gasteiger partial charge in [0.25, 0.3) is 0 Å². The smallest absolute Gasteiger partial charge is 0.338 e. The van der Waals surface area contributed by atoms with Gasteiger partial charge in [0, 0.05) is 18.8 Å². The number of benzene rings is 1. The van der Waals surface area contributed by atoms with E-state index in [9.17, 15) is 19.5 Å². The predicted molar refractivity (Wildman–Crippen MR) is 78.4 cm³/mol. The molecule has 0 amide bonds. The SMILES string of the molecule is CC1(O)CC2OC(=O)C(COC(=O)c3ccccc3)C2CC1=O. The minimum Gasteiger partial charge on any atom is -0.462 e. The molecule has 2 fully saturated rings. The lowest BCUT2D eigenvalue weighted by atomic mass is 9.73. The fourth-order valence-corrected chi connectivity index (χ4v) is 3.18. The molecule has 1 aromatic rings. The zero-order chi connectivity index (χ0) is 16.6. The summed E-state index contributed by atoms with van der Waals surface area (Å²) in [6.07, 6.45) is -0.363. The first-order valence-electron chi connectivity index (χ1n) is 7.57. The minimum absolute atomic E-state index is 0.0525. The summed E-state index contributed by atoms with van der Waals surface area (Å²) in [5, 5.41) is 10.0. The first-order chi connectivity index (χ1) is 10.9. The number of aliphatic hydroxyl groups is 1. The van der Waals surface area contributed by atoms with Gasteiger partial charge in [0.15, 0.2) is 5.78 Å². The zero-order valence-corrected chi connectivity index (χ0v) is 12.7. The summed E-state index contributed by atoms with van der Waals surface area (Å²) in [7, 11) is 0. The van der Waals surface area contributed by atoms with Gasteiger partial charge in [-0.3, -0.25) is 9.59 Å². The van der Waals surface area contributed by atoms with Gasteiger partial charge in [-0.1, -0.05) is 18.2 Å². The maximum Gasteiger partial charge on any atom is 0.338 e. The number of ether oxygens (including phenoxy) is 2. The molecule has 4 unspecified atom stereocenters. The van der Waals surface area contributed by atoms with Gasteiger partial charge in [-0.15, -0.1) is 0 Å². The molecule has 0 bridgehead atoms. The third kappa shape index (κ3) is 2.99. The van der Waals surface area contributed by atoms with Gasteiger partial charge in [0.05, 0.1) is 11.5 Å². The molecule has 1 heterocycles. The molecule has 0 spiro atoms. The van der Waals surface area contributed by atoms with Gasteiger partial charge in [0.1, 0.15) is 18.3 Å². The van der Waals surface area contributed by atoms with E-state index < -0.39 is 29.6 Å². The van der Waals surface area contributed by atoms with Gasteiger partial charge >= 0.3 is 11.9 Å². The molecule has 2 aliphatic rings. The standard InChI is InChI=1S/C17H18O6/c1-17(21)8-13-11(7-14(17)18)12(16(20)23-13)9-22-15(19)10-5-3-2-4-6-10/h2-6,11-13,21H,7-9H2,1H3. The summed E-state index contributed by atoms with van der Waals surface area (Å²) >= 11 is 0. The van der Waals surface area contributed by atoms with Crippen LogP contribution in [0.1, 0.15) is 30.1 Å². The van der Waals surface area contributed by atoms with Crippen LogP contribution in [0.25, 0.3) is 0 Å². The molecule has 1 N–H and O–H groups in total. The second-order valence-corrected chi connectivity index (χ2v) is 6.32. The monoisotopic (exact) mass is 318 g/mol. The Hall–Kier alpha value is -2.21. The molecule has 1 aromatic carbocycles. The van der Waals surface area contributed by atoms with Crippen molar-refractivity contribution in [2.75, 3.05) is 6.61 Å². The Morgan fingerprint density at radius 2 is 2.04 bits per heavy atom. The zero-order valence-electron chi connectivity index (χ0n) is 12.7. The maximum absolute atomic E-state index is 12.0. The Morgan fingerprint density at radius 3 is 2.74 bits per heavy atom. The summed E-state index contributed by atoms with van der Waals surface area (Å²) in [6.45, 7) is 1.31. The van der Waals surface area contributed by atoms with E-state index in [1.807, 2.05) is 0 Å². The third-order valence-electron chi connectivity index (χ3n) is 4.59. The highest BCUT2D eigenvalue weighted by molar-refractivity contribution is 5.90. The van der Waals surface area contributed by atoms with Crippen LogP contribution in [0.3, 0.4) is 0 Å². The molecule has 1 saturated carbocycles. The molecule has 6 nitrogen and oxygen atoms in total. The Balaban J connectivity index is 1.65. The van der Waals surface area contributed by atoms with Gasteiger partial charge in [-0.05, 0) is 19.1 Å². The van der Waals surface area contributed by atoms with Crippen molar-refractivity contribution in [3.63, 3.8) is 0 Å². The third-order valence-corrected chi connectivity index (χ3v) is 4.59. The predicted octanol–water partition coefficient (Wildman–Crippen LogP) is 1.12. The summed E-state index contributed by atoms with van der Waals surface area (Å²) in [5.41, 5.74) is -1.06. The number of rotatable bonds is 3. The Kier molecular flexibility index (Phi) is 3.93. The van der Waals surface area contributed by atoms with E-state index in [2.05, 4.69) is 0 Å². The van der Waals surface area contributed by atoms with Crippen molar-refractivity contribution in [1.82, 2.24) is 0 Å². The van der Waals surface area contributed by atoms with Crippen LogP contribution in [0.5, 0.6) is 0 Å². The molecule has 1 aliphatic carbocycles. The quantitative estimate of drug-likeness (QED) is 0.840.